The van der Waals surface area contributed by atoms with E-state index in [-0.39, 0.29) is 0 Å². The fraction of sp³-hybridized carbons (Fsp3) is 0.450. The third kappa shape index (κ3) is 4.38. The first-order valence-corrected chi connectivity index (χ1v) is 10.4. The average molecular weight is 415 g/mol. The molecule has 8 nitrogen and oxygen atoms in total. The molecule has 2 heterocycles. The van der Waals surface area contributed by atoms with Gasteiger partial charge in [0.15, 0.2) is 17.0 Å². The van der Waals surface area contributed by atoms with Crippen molar-refractivity contribution in [2.75, 3.05) is 16.4 Å². The molecule has 1 aliphatic rings. The Labute approximate surface area is 175 Å². The highest BCUT2D eigenvalue weighted by molar-refractivity contribution is 6.30. The van der Waals surface area contributed by atoms with Crippen LogP contribution in [0.2, 0.25) is 5.02 Å². The van der Waals surface area contributed by atoms with Crippen molar-refractivity contribution in [3.63, 3.8) is 0 Å². The molecule has 1 saturated carbocycles. The van der Waals surface area contributed by atoms with E-state index < -0.39 is 0 Å². The predicted octanol–water partition coefficient (Wildman–Crippen LogP) is 3.38. The second kappa shape index (κ2) is 8.42. The van der Waals surface area contributed by atoms with Gasteiger partial charge < -0.3 is 26.7 Å². The van der Waals surface area contributed by atoms with Crippen molar-refractivity contribution in [2.45, 2.75) is 57.8 Å². The van der Waals surface area contributed by atoms with Crippen LogP contribution in [-0.4, -0.2) is 31.6 Å². The van der Waals surface area contributed by atoms with E-state index in [0.29, 0.717) is 41.1 Å². The number of benzene rings is 1. The summed E-state index contributed by atoms with van der Waals surface area (Å²) in [6.07, 6.45) is 5.88. The Balaban J connectivity index is 1.61. The Hall–Kier alpha value is -2.58. The van der Waals surface area contributed by atoms with Crippen molar-refractivity contribution >= 4 is 40.2 Å². The molecule has 1 aliphatic carbocycles. The number of aromatic nitrogens is 4. The summed E-state index contributed by atoms with van der Waals surface area (Å²) in [5.74, 6) is 1.28. The van der Waals surface area contributed by atoms with Gasteiger partial charge in [-0.2, -0.15) is 9.97 Å². The smallest absolute Gasteiger partial charge is 0.227 e. The number of nitrogens with two attached hydrogens (primary N) is 2. The highest BCUT2D eigenvalue weighted by Gasteiger charge is 2.20. The highest BCUT2D eigenvalue weighted by Crippen LogP contribution is 2.25. The summed E-state index contributed by atoms with van der Waals surface area (Å²) in [4.78, 5) is 14.0. The van der Waals surface area contributed by atoms with Crippen LogP contribution in [0.25, 0.3) is 11.2 Å². The number of fused-ring (bicyclic) bond motifs is 1. The van der Waals surface area contributed by atoms with Crippen LogP contribution in [-0.2, 0) is 13.1 Å². The maximum Gasteiger partial charge on any atom is 0.227 e. The number of aryl methyl sites for hydroxylation is 1. The number of hydrogen-bond donors (Lipinski definition) is 4. The second-order valence-corrected chi connectivity index (χ2v) is 7.99. The summed E-state index contributed by atoms with van der Waals surface area (Å²) in [6.45, 7) is 3.35. The Morgan fingerprint density at radius 3 is 2.76 bits per heavy atom. The van der Waals surface area contributed by atoms with E-state index in [9.17, 15) is 0 Å². The average Bonchev–Trinajstić information content (AvgIpc) is 3.13. The van der Waals surface area contributed by atoms with Gasteiger partial charge in [-0.1, -0.05) is 11.6 Å². The van der Waals surface area contributed by atoms with Crippen molar-refractivity contribution in [2.24, 2.45) is 5.73 Å². The number of anilines is 3. The topological polar surface area (TPSA) is 120 Å². The van der Waals surface area contributed by atoms with Gasteiger partial charge in [0.1, 0.15) is 0 Å². The largest absolute Gasteiger partial charge is 0.398 e. The quantitative estimate of drug-likeness (QED) is 0.456. The summed E-state index contributed by atoms with van der Waals surface area (Å²) in [5.41, 5.74) is 15.3. The fourth-order valence-electron chi connectivity index (χ4n) is 3.72. The highest BCUT2D eigenvalue weighted by atomic mass is 35.5. The van der Waals surface area contributed by atoms with Gasteiger partial charge in [-0.25, -0.2) is 4.98 Å². The fourth-order valence-corrected chi connectivity index (χ4v) is 3.91. The molecular weight excluding hydrogens is 388 g/mol. The number of nitrogen functional groups attached to an aromatic ring is 1. The summed E-state index contributed by atoms with van der Waals surface area (Å²) in [7, 11) is 0. The normalized spacial score (nSPS) is 19.4. The molecule has 29 heavy (non-hydrogen) atoms. The lowest BCUT2D eigenvalue weighted by molar-refractivity contribution is 0.410. The van der Waals surface area contributed by atoms with E-state index in [4.69, 9.17) is 33.0 Å². The number of rotatable bonds is 6. The molecule has 0 spiro atoms. The predicted molar refractivity (Wildman–Crippen MR) is 118 cm³/mol. The maximum absolute atomic E-state index is 6.12. The van der Waals surface area contributed by atoms with Gasteiger partial charge in [-0.3, -0.25) is 0 Å². The lowest BCUT2D eigenvalue weighted by Gasteiger charge is -2.26. The Morgan fingerprint density at radius 2 is 2.00 bits per heavy atom. The zero-order valence-electron chi connectivity index (χ0n) is 16.5. The molecule has 0 radical (unpaired) electrons. The van der Waals surface area contributed by atoms with Gasteiger partial charge in [-0.05, 0) is 56.4 Å². The minimum absolute atomic E-state index is 0.304. The van der Waals surface area contributed by atoms with Crippen LogP contribution in [0.15, 0.2) is 24.5 Å². The SMILES string of the molecule is CCn1cnc2c(NCc3cc(Cl)ccc3N)nc(NC3CCC(N)CC3)nc21. The zero-order chi connectivity index (χ0) is 20.4. The van der Waals surface area contributed by atoms with Crippen LogP contribution < -0.4 is 22.1 Å². The molecule has 0 atom stereocenters. The molecule has 6 N–H and O–H groups in total. The van der Waals surface area contributed by atoms with Gasteiger partial charge in [-0.15, -0.1) is 0 Å². The van der Waals surface area contributed by atoms with Gasteiger partial charge >= 0.3 is 0 Å². The molecule has 154 valence electrons. The number of hydrogen-bond acceptors (Lipinski definition) is 7. The first-order chi connectivity index (χ1) is 14.0. The van der Waals surface area contributed by atoms with Crippen molar-refractivity contribution < 1.29 is 0 Å². The molecule has 1 aromatic carbocycles. The standard InChI is InChI=1S/C20H27ClN8/c1-2-29-11-25-17-18(24-10-12-9-13(21)3-8-16(12)23)27-20(28-19(17)29)26-15-6-4-14(22)5-7-15/h3,8-9,11,14-15H,2,4-7,10,22-23H2,1H3,(H2,24,26,27,28). The summed E-state index contributed by atoms with van der Waals surface area (Å²) in [5, 5.41) is 7.51. The van der Waals surface area contributed by atoms with E-state index in [1.54, 1.807) is 12.4 Å². The lowest BCUT2D eigenvalue weighted by atomic mass is 9.92. The number of nitrogens with one attached hydrogen (secondary N) is 2. The third-order valence-electron chi connectivity index (χ3n) is 5.46. The molecule has 0 amide bonds. The van der Waals surface area contributed by atoms with Crippen LogP contribution >= 0.6 is 11.6 Å². The van der Waals surface area contributed by atoms with E-state index in [1.807, 2.05) is 16.7 Å². The molecule has 0 saturated heterocycles. The number of halogens is 1. The van der Waals surface area contributed by atoms with Gasteiger partial charge in [0.05, 0.1) is 6.33 Å². The van der Waals surface area contributed by atoms with Crippen molar-refractivity contribution in [3.05, 3.63) is 35.1 Å². The van der Waals surface area contributed by atoms with Crippen LogP contribution in [0, 0.1) is 0 Å². The zero-order valence-corrected chi connectivity index (χ0v) is 17.3. The van der Waals surface area contributed by atoms with Crippen molar-refractivity contribution in [1.82, 2.24) is 19.5 Å². The molecule has 3 aromatic rings. The second-order valence-electron chi connectivity index (χ2n) is 7.55. The van der Waals surface area contributed by atoms with Crippen LogP contribution in [0.3, 0.4) is 0 Å². The third-order valence-corrected chi connectivity index (χ3v) is 5.70. The molecule has 0 unspecified atom stereocenters. The molecule has 4 rings (SSSR count). The molecule has 9 heteroatoms. The van der Waals surface area contributed by atoms with Crippen LogP contribution in [0.4, 0.5) is 17.5 Å². The van der Waals surface area contributed by atoms with E-state index >= 15 is 0 Å². The lowest BCUT2D eigenvalue weighted by Crippen LogP contribution is -2.33. The van der Waals surface area contributed by atoms with Gasteiger partial charge in [0, 0.05) is 35.9 Å². The van der Waals surface area contributed by atoms with Gasteiger partial charge in [0.2, 0.25) is 5.95 Å². The minimum Gasteiger partial charge on any atom is -0.398 e. The Kier molecular flexibility index (Phi) is 5.73. The van der Waals surface area contributed by atoms with Gasteiger partial charge in [0.25, 0.3) is 0 Å². The van der Waals surface area contributed by atoms with E-state index in [1.165, 1.54) is 0 Å². The van der Waals surface area contributed by atoms with E-state index in [0.717, 1.165) is 49.0 Å². The summed E-state index contributed by atoms with van der Waals surface area (Å²) in [6, 6.07) is 6.09. The molecule has 0 bridgehead atoms. The summed E-state index contributed by atoms with van der Waals surface area (Å²) < 4.78 is 2.01. The minimum atomic E-state index is 0.304. The Morgan fingerprint density at radius 1 is 1.21 bits per heavy atom. The monoisotopic (exact) mass is 414 g/mol. The number of imidazole rings is 1. The van der Waals surface area contributed by atoms with Crippen molar-refractivity contribution in [1.29, 1.82) is 0 Å². The molecule has 1 fully saturated rings. The maximum atomic E-state index is 6.12. The van der Waals surface area contributed by atoms with Crippen molar-refractivity contribution in [3.8, 4) is 0 Å². The Bertz CT molecular complexity index is 994. The number of nitrogens with zero attached hydrogens (tertiary/aromatic N) is 4. The molecule has 2 aromatic heterocycles. The molecular formula is C20H27ClN8. The first kappa shape index (κ1) is 19.7. The van der Waals surface area contributed by atoms with Crippen LogP contribution in [0.1, 0.15) is 38.2 Å². The molecule has 0 aliphatic heterocycles. The van der Waals surface area contributed by atoms with Crippen LogP contribution in [0.5, 0.6) is 0 Å². The van der Waals surface area contributed by atoms with E-state index in [2.05, 4.69) is 22.5 Å². The first-order valence-electron chi connectivity index (χ1n) is 10.1. The summed E-state index contributed by atoms with van der Waals surface area (Å²) >= 11 is 6.12.